The molecule has 0 heterocycles. The summed E-state index contributed by atoms with van der Waals surface area (Å²) in [7, 11) is 0. The van der Waals surface area contributed by atoms with Crippen LogP contribution in [0.3, 0.4) is 0 Å². The standard InChI is InChI=1S/C10H13F3N2/c1-9(15,6-14)7-3-2-4-8(5-7)10(11,12)13/h2-5H,6,14-15H2,1H3. The highest BCUT2D eigenvalue weighted by Gasteiger charge is 2.31. The molecule has 0 aliphatic carbocycles. The number of hydrogen-bond donors (Lipinski definition) is 2. The average molecular weight is 218 g/mol. The normalized spacial score (nSPS) is 16.1. The van der Waals surface area contributed by atoms with Crippen molar-refractivity contribution in [1.29, 1.82) is 0 Å². The Balaban J connectivity index is 3.14. The highest BCUT2D eigenvalue weighted by atomic mass is 19.4. The molecule has 84 valence electrons. The Morgan fingerprint density at radius 3 is 2.20 bits per heavy atom. The third kappa shape index (κ3) is 2.70. The largest absolute Gasteiger partial charge is 0.416 e. The highest BCUT2D eigenvalue weighted by molar-refractivity contribution is 5.30. The summed E-state index contributed by atoms with van der Waals surface area (Å²) >= 11 is 0. The fraction of sp³-hybridized carbons (Fsp3) is 0.400. The second-order valence-electron chi connectivity index (χ2n) is 3.70. The van der Waals surface area contributed by atoms with Gasteiger partial charge in [0.15, 0.2) is 0 Å². The van der Waals surface area contributed by atoms with Gasteiger partial charge in [0, 0.05) is 6.54 Å². The van der Waals surface area contributed by atoms with Crippen LogP contribution in [-0.4, -0.2) is 6.54 Å². The maximum Gasteiger partial charge on any atom is 0.416 e. The molecule has 0 radical (unpaired) electrons. The molecule has 0 amide bonds. The summed E-state index contributed by atoms with van der Waals surface area (Å²) in [6.07, 6.45) is -4.35. The Hall–Kier alpha value is -1.07. The van der Waals surface area contributed by atoms with Crippen molar-refractivity contribution >= 4 is 0 Å². The van der Waals surface area contributed by atoms with E-state index in [0.29, 0.717) is 5.56 Å². The molecule has 0 fully saturated rings. The number of hydrogen-bond acceptors (Lipinski definition) is 2. The van der Waals surface area contributed by atoms with E-state index in [1.807, 2.05) is 0 Å². The minimum atomic E-state index is -4.35. The van der Waals surface area contributed by atoms with Crippen molar-refractivity contribution in [2.24, 2.45) is 11.5 Å². The number of alkyl halides is 3. The van der Waals surface area contributed by atoms with E-state index in [2.05, 4.69) is 0 Å². The van der Waals surface area contributed by atoms with Crippen molar-refractivity contribution in [1.82, 2.24) is 0 Å². The molecule has 1 rings (SSSR count). The molecule has 1 aromatic rings. The molecule has 0 saturated carbocycles. The molecule has 15 heavy (non-hydrogen) atoms. The maximum absolute atomic E-state index is 12.4. The van der Waals surface area contributed by atoms with Gasteiger partial charge in [-0.15, -0.1) is 0 Å². The third-order valence-corrected chi connectivity index (χ3v) is 2.27. The van der Waals surface area contributed by atoms with E-state index in [4.69, 9.17) is 11.5 Å². The predicted molar refractivity (Wildman–Crippen MR) is 52.0 cm³/mol. The minimum absolute atomic E-state index is 0.0916. The van der Waals surface area contributed by atoms with Gasteiger partial charge in [0.1, 0.15) is 0 Å². The Morgan fingerprint density at radius 1 is 1.20 bits per heavy atom. The van der Waals surface area contributed by atoms with Gasteiger partial charge >= 0.3 is 6.18 Å². The van der Waals surface area contributed by atoms with Crippen LogP contribution in [0.15, 0.2) is 24.3 Å². The van der Waals surface area contributed by atoms with E-state index in [9.17, 15) is 13.2 Å². The van der Waals surface area contributed by atoms with Gasteiger partial charge in [-0.3, -0.25) is 0 Å². The molecule has 0 aromatic heterocycles. The van der Waals surface area contributed by atoms with Gasteiger partial charge in [0.05, 0.1) is 11.1 Å². The van der Waals surface area contributed by atoms with Gasteiger partial charge in [0.2, 0.25) is 0 Å². The van der Waals surface area contributed by atoms with E-state index in [-0.39, 0.29) is 6.54 Å². The summed E-state index contributed by atoms with van der Waals surface area (Å²) in [5.41, 5.74) is 9.90. The summed E-state index contributed by atoms with van der Waals surface area (Å²) in [6, 6.07) is 4.92. The SMILES string of the molecule is CC(N)(CN)c1cccc(C(F)(F)F)c1. The lowest BCUT2D eigenvalue weighted by Gasteiger charge is -2.23. The van der Waals surface area contributed by atoms with Crippen LogP contribution in [0, 0.1) is 0 Å². The van der Waals surface area contributed by atoms with Crippen molar-refractivity contribution in [3.05, 3.63) is 35.4 Å². The molecular formula is C10H13F3N2. The average Bonchev–Trinajstić information content (AvgIpc) is 2.17. The molecule has 1 aromatic carbocycles. The lowest BCUT2D eigenvalue weighted by molar-refractivity contribution is -0.137. The molecule has 0 aliphatic heterocycles. The van der Waals surface area contributed by atoms with Crippen LogP contribution in [0.2, 0.25) is 0 Å². The Morgan fingerprint density at radius 2 is 1.73 bits per heavy atom. The summed E-state index contributed by atoms with van der Waals surface area (Å²) < 4.78 is 37.2. The molecule has 1 unspecified atom stereocenters. The molecule has 0 aliphatic rings. The van der Waals surface area contributed by atoms with Crippen molar-refractivity contribution in [2.45, 2.75) is 18.6 Å². The van der Waals surface area contributed by atoms with Crippen molar-refractivity contribution < 1.29 is 13.2 Å². The van der Waals surface area contributed by atoms with Gasteiger partial charge < -0.3 is 11.5 Å². The van der Waals surface area contributed by atoms with Crippen molar-refractivity contribution in [2.75, 3.05) is 6.54 Å². The second kappa shape index (κ2) is 3.83. The topological polar surface area (TPSA) is 52.0 Å². The van der Waals surface area contributed by atoms with Crippen molar-refractivity contribution in [3.63, 3.8) is 0 Å². The smallest absolute Gasteiger partial charge is 0.328 e. The first kappa shape index (κ1) is 12.0. The Labute approximate surface area is 86.1 Å². The maximum atomic E-state index is 12.4. The molecule has 0 spiro atoms. The fourth-order valence-corrected chi connectivity index (χ4v) is 1.17. The number of nitrogens with two attached hydrogens (primary N) is 2. The van der Waals surface area contributed by atoms with Crippen LogP contribution in [0.1, 0.15) is 18.1 Å². The third-order valence-electron chi connectivity index (χ3n) is 2.27. The molecular weight excluding hydrogens is 205 g/mol. The van der Waals surface area contributed by atoms with Crippen LogP contribution in [0.25, 0.3) is 0 Å². The van der Waals surface area contributed by atoms with E-state index in [0.717, 1.165) is 12.1 Å². The van der Waals surface area contributed by atoms with Crippen molar-refractivity contribution in [3.8, 4) is 0 Å². The molecule has 0 bridgehead atoms. The first-order valence-corrected chi connectivity index (χ1v) is 4.44. The van der Waals surface area contributed by atoms with Crippen LogP contribution < -0.4 is 11.5 Å². The molecule has 2 nitrogen and oxygen atoms in total. The summed E-state index contributed by atoms with van der Waals surface area (Å²) in [5.74, 6) is 0. The molecule has 4 N–H and O–H groups in total. The lowest BCUT2D eigenvalue weighted by Crippen LogP contribution is -2.40. The number of halogens is 3. The van der Waals surface area contributed by atoms with E-state index in [1.165, 1.54) is 6.07 Å². The fourth-order valence-electron chi connectivity index (χ4n) is 1.17. The van der Waals surface area contributed by atoms with Crippen LogP contribution in [0.4, 0.5) is 13.2 Å². The predicted octanol–water partition coefficient (Wildman–Crippen LogP) is 1.84. The zero-order valence-electron chi connectivity index (χ0n) is 8.31. The van der Waals surface area contributed by atoms with Gasteiger partial charge in [-0.1, -0.05) is 12.1 Å². The van der Waals surface area contributed by atoms with Gasteiger partial charge in [0.25, 0.3) is 0 Å². The minimum Gasteiger partial charge on any atom is -0.328 e. The zero-order chi connectivity index (χ0) is 11.7. The Kier molecular flexibility index (Phi) is 3.06. The zero-order valence-corrected chi connectivity index (χ0v) is 8.31. The van der Waals surface area contributed by atoms with E-state index in [1.54, 1.807) is 13.0 Å². The van der Waals surface area contributed by atoms with E-state index < -0.39 is 17.3 Å². The monoisotopic (exact) mass is 218 g/mol. The second-order valence-corrected chi connectivity index (χ2v) is 3.70. The summed E-state index contributed by atoms with van der Waals surface area (Å²) in [4.78, 5) is 0. The Bertz CT molecular complexity index is 345. The number of rotatable bonds is 2. The molecule has 0 saturated heterocycles. The molecule has 5 heteroatoms. The first-order valence-electron chi connectivity index (χ1n) is 4.44. The number of benzene rings is 1. The van der Waals surface area contributed by atoms with E-state index >= 15 is 0 Å². The van der Waals surface area contributed by atoms with Crippen LogP contribution >= 0.6 is 0 Å². The lowest BCUT2D eigenvalue weighted by atomic mass is 9.92. The van der Waals surface area contributed by atoms with Crippen LogP contribution in [-0.2, 0) is 11.7 Å². The highest BCUT2D eigenvalue weighted by Crippen LogP contribution is 2.31. The summed E-state index contributed by atoms with van der Waals surface area (Å²) in [5, 5.41) is 0. The van der Waals surface area contributed by atoms with Gasteiger partial charge in [-0.2, -0.15) is 13.2 Å². The first-order chi connectivity index (χ1) is 6.77. The van der Waals surface area contributed by atoms with Gasteiger partial charge in [-0.25, -0.2) is 0 Å². The van der Waals surface area contributed by atoms with Gasteiger partial charge in [-0.05, 0) is 24.6 Å². The van der Waals surface area contributed by atoms with Crippen LogP contribution in [0.5, 0.6) is 0 Å². The quantitative estimate of drug-likeness (QED) is 0.795. The molecule has 1 atom stereocenters. The summed E-state index contributed by atoms with van der Waals surface area (Å²) in [6.45, 7) is 1.69.